The summed E-state index contributed by atoms with van der Waals surface area (Å²) in [5.41, 5.74) is 2.08. The molecule has 2 aliphatic rings. The molecule has 2 aliphatic heterocycles. The lowest BCUT2D eigenvalue weighted by atomic mass is 9.97. The third-order valence-corrected chi connectivity index (χ3v) is 6.95. The van der Waals surface area contributed by atoms with Gasteiger partial charge in [0.25, 0.3) is 5.91 Å². The topological polar surface area (TPSA) is 31.7 Å². The van der Waals surface area contributed by atoms with Gasteiger partial charge in [0, 0.05) is 68.0 Å². The number of carbonyl (C=O) groups excluding carboxylic acids is 1. The minimum Gasteiger partial charge on any atom is -0.347 e. The summed E-state index contributed by atoms with van der Waals surface area (Å²) < 4.78 is 2.39. The lowest BCUT2D eigenvalue weighted by molar-refractivity contribution is 0.0595. The first-order chi connectivity index (χ1) is 14.5. The van der Waals surface area contributed by atoms with Crippen molar-refractivity contribution in [3.05, 3.63) is 36.0 Å². The molecule has 5 nitrogen and oxygen atoms in total. The average Bonchev–Trinajstić information content (AvgIpc) is 3.16. The van der Waals surface area contributed by atoms with E-state index in [0.29, 0.717) is 6.04 Å². The van der Waals surface area contributed by atoms with Gasteiger partial charge >= 0.3 is 0 Å². The maximum Gasteiger partial charge on any atom is 0.253 e. The molecular weight excluding hydrogens is 372 g/mol. The first kappa shape index (κ1) is 21.4. The Morgan fingerprint density at radius 3 is 2.63 bits per heavy atom. The summed E-state index contributed by atoms with van der Waals surface area (Å²) in [6.45, 7) is 15.1. The van der Waals surface area contributed by atoms with E-state index in [9.17, 15) is 4.79 Å². The lowest BCUT2D eigenvalue weighted by Gasteiger charge is -2.37. The van der Waals surface area contributed by atoms with Crippen LogP contribution in [-0.4, -0.2) is 77.0 Å². The standard InChI is InChI=1S/C25H38N4O/c1-4-10-26-11-5-6-21(18-26)19-29-12-9-22-17-23(7-8-24(22)29)25(30)28-15-13-27(14-16-28)20(2)3/h7-9,12,17,20-21H,4-6,10-11,13-16,18-19H2,1-3H3. The third-order valence-electron chi connectivity index (χ3n) is 6.95. The summed E-state index contributed by atoms with van der Waals surface area (Å²) in [5, 5.41) is 1.18. The molecule has 1 aromatic carbocycles. The van der Waals surface area contributed by atoms with Gasteiger partial charge in [-0.05, 0) is 76.4 Å². The predicted octanol–water partition coefficient (Wildman–Crippen LogP) is 3.93. The second-order valence-electron chi connectivity index (χ2n) is 9.47. The van der Waals surface area contributed by atoms with Crippen LogP contribution in [0.3, 0.4) is 0 Å². The first-order valence-electron chi connectivity index (χ1n) is 11.9. The van der Waals surface area contributed by atoms with Gasteiger partial charge in [-0.1, -0.05) is 6.92 Å². The number of likely N-dealkylation sites (tertiary alicyclic amines) is 1. The Balaban J connectivity index is 1.42. The number of piperidine rings is 1. The van der Waals surface area contributed by atoms with E-state index in [0.717, 1.165) is 44.2 Å². The van der Waals surface area contributed by atoms with E-state index < -0.39 is 0 Å². The van der Waals surface area contributed by atoms with Crippen LogP contribution in [0, 0.1) is 5.92 Å². The van der Waals surface area contributed by atoms with Gasteiger partial charge in [0.15, 0.2) is 0 Å². The summed E-state index contributed by atoms with van der Waals surface area (Å²) in [4.78, 5) is 20.1. The van der Waals surface area contributed by atoms with Crippen molar-refractivity contribution in [3.63, 3.8) is 0 Å². The quantitative estimate of drug-likeness (QED) is 0.723. The van der Waals surface area contributed by atoms with Crippen LogP contribution >= 0.6 is 0 Å². The Hall–Kier alpha value is -1.85. The molecule has 2 aromatic rings. The van der Waals surface area contributed by atoms with Crippen molar-refractivity contribution in [2.45, 2.75) is 52.6 Å². The van der Waals surface area contributed by atoms with Crippen molar-refractivity contribution in [1.29, 1.82) is 0 Å². The fraction of sp³-hybridized carbons (Fsp3) is 0.640. The molecule has 2 saturated heterocycles. The molecule has 164 valence electrons. The molecule has 3 heterocycles. The predicted molar refractivity (Wildman–Crippen MR) is 124 cm³/mol. The van der Waals surface area contributed by atoms with E-state index in [-0.39, 0.29) is 5.91 Å². The zero-order valence-corrected chi connectivity index (χ0v) is 19.0. The Labute approximate surface area is 181 Å². The SMILES string of the molecule is CCCN1CCCC(Cn2ccc3cc(C(=O)N4CCN(C(C)C)CC4)ccc32)C1. The lowest BCUT2D eigenvalue weighted by Crippen LogP contribution is -2.50. The van der Waals surface area contributed by atoms with E-state index in [1.165, 1.54) is 49.8 Å². The summed E-state index contributed by atoms with van der Waals surface area (Å²) in [5.74, 6) is 0.898. The Morgan fingerprint density at radius 1 is 1.10 bits per heavy atom. The number of rotatable bonds is 6. The van der Waals surface area contributed by atoms with Gasteiger partial charge in [-0.15, -0.1) is 0 Å². The van der Waals surface area contributed by atoms with Crippen molar-refractivity contribution in [1.82, 2.24) is 19.3 Å². The van der Waals surface area contributed by atoms with Crippen LogP contribution < -0.4 is 0 Å². The van der Waals surface area contributed by atoms with E-state index in [1.807, 2.05) is 11.0 Å². The maximum atomic E-state index is 13.0. The molecular formula is C25H38N4O. The number of carbonyl (C=O) groups is 1. The zero-order chi connectivity index (χ0) is 21.1. The molecule has 4 rings (SSSR count). The summed E-state index contributed by atoms with van der Waals surface area (Å²) in [6.07, 6.45) is 6.08. The van der Waals surface area contributed by atoms with Gasteiger partial charge in [0.1, 0.15) is 0 Å². The third kappa shape index (κ3) is 4.73. The van der Waals surface area contributed by atoms with Crippen LogP contribution in [0.1, 0.15) is 50.4 Å². The number of fused-ring (bicyclic) bond motifs is 1. The second-order valence-corrected chi connectivity index (χ2v) is 9.47. The smallest absolute Gasteiger partial charge is 0.253 e. The molecule has 30 heavy (non-hydrogen) atoms. The largest absolute Gasteiger partial charge is 0.347 e. The average molecular weight is 411 g/mol. The molecule has 0 spiro atoms. The zero-order valence-electron chi connectivity index (χ0n) is 19.0. The highest BCUT2D eigenvalue weighted by Gasteiger charge is 2.24. The molecule has 1 amide bonds. The molecule has 0 bridgehead atoms. The van der Waals surface area contributed by atoms with Crippen LogP contribution in [0.25, 0.3) is 10.9 Å². The summed E-state index contributed by atoms with van der Waals surface area (Å²) >= 11 is 0. The van der Waals surface area contributed by atoms with Gasteiger partial charge in [0.05, 0.1) is 0 Å². The van der Waals surface area contributed by atoms with Gasteiger partial charge < -0.3 is 14.4 Å². The van der Waals surface area contributed by atoms with Crippen LogP contribution in [-0.2, 0) is 6.54 Å². The van der Waals surface area contributed by atoms with Gasteiger partial charge in [0.2, 0.25) is 0 Å². The molecule has 5 heteroatoms. The van der Waals surface area contributed by atoms with Crippen molar-refractivity contribution >= 4 is 16.8 Å². The summed E-state index contributed by atoms with van der Waals surface area (Å²) in [7, 11) is 0. The number of piperazine rings is 1. The fourth-order valence-electron chi connectivity index (χ4n) is 5.21. The first-order valence-corrected chi connectivity index (χ1v) is 11.9. The molecule has 0 radical (unpaired) electrons. The van der Waals surface area contributed by atoms with Crippen LogP contribution in [0.15, 0.2) is 30.5 Å². The minimum absolute atomic E-state index is 0.176. The molecule has 0 N–H and O–H groups in total. The number of hydrogen-bond donors (Lipinski definition) is 0. The van der Waals surface area contributed by atoms with Crippen molar-refractivity contribution in [2.75, 3.05) is 45.8 Å². The van der Waals surface area contributed by atoms with Gasteiger partial charge in [-0.2, -0.15) is 0 Å². The number of amides is 1. The van der Waals surface area contributed by atoms with Crippen molar-refractivity contribution in [2.24, 2.45) is 5.92 Å². The fourth-order valence-corrected chi connectivity index (χ4v) is 5.21. The Bertz CT molecular complexity index is 848. The van der Waals surface area contributed by atoms with Crippen LogP contribution in [0.4, 0.5) is 0 Å². The number of aromatic nitrogens is 1. The second kappa shape index (κ2) is 9.52. The van der Waals surface area contributed by atoms with E-state index in [2.05, 4.69) is 59.5 Å². The highest BCUT2D eigenvalue weighted by Crippen LogP contribution is 2.24. The van der Waals surface area contributed by atoms with Crippen molar-refractivity contribution in [3.8, 4) is 0 Å². The van der Waals surface area contributed by atoms with Gasteiger partial charge in [-0.25, -0.2) is 0 Å². The number of hydrogen-bond acceptors (Lipinski definition) is 3. The van der Waals surface area contributed by atoms with Gasteiger partial charge in [-0.3, -0.25) is 9.69 Å². The van der Waals surface area contributed by atoms with Crippen molar-refractivity contribution < 1.29 is 4.79 Å². The van der Waals surface area contributed by atoms with Crippen LogP contribution in [0.2, 0.25) is 0 Å². The summed E-state index contributed by atoms with van der Waals surface area (Å²) in [6, 6.07) is 9.00. The molecule has 1 aromatic heterocycles. The normalized spacial score (nSPS) is 21.6. The van der Waals surface area contributed by atoms with E-state index in [4.69, 9.17) is 0 Å². The van der Waals surface area contributed by atoms with E-state index >= 15 is 0 Å². The highest BCUT2D eigenvalue weighted by atomic mass is 16.2. The molecule has 1 unspecified atom stereocenters. The van der Waals surface area contributed by atoms with Crippen LogP contribution in [0.5, 0.6) is 0 Å². The Morgan fingerprint density at radius 2 is 1.90 bits per heavy atom. The molecule has 2 fully saturated rings. The minimum atomic E-state index is 0.176. The maximum absolute atomic E-state index is 13.0. The molecule has 0 saturated carbocycles. The molecule has 1 atom stereocenters. The number of benzene rings is 1. The Kier molecular flexibility index (Phi) is 6.79. The van der Waals surface area contributed by atoms with E-state index in [1.54, 1.807) is 0 Å². The highest BCUT2D eigenvalue weighted by molar-refractivity contribution is 5.98. The number of nitrogens with zero attached hydrogens (tertiary/aromatic N) is 4. The molecule has 0 aliphatic carbocycles. The monoisotopic (exact) mass is 410 g/mol.